The molecule has 13 heteroatoms. The summed E-state index contributed by atoms with van der Waals surface area (Å²) in [4.78, 5) is 10.8. The molecule has 2 aromatic rings. The number of carbonyl (C=O) groups is 1. The van der Waals surface area contributed by atoms with E-state index in [1.165, 1.54) is 0 Å². The number of hydrogen-bond acceptors (Lipinski definition) is 11. The van der Waals surface area contributed by atoms with Gasteiger partial charge in [0.2, 0.25) is 18.1 Å². The standard InChI is InChI=1S/C26H40N4O9/c1-13(2)21-18(25(30-29-21)39-26-24(36)23(35)22(34)19(11-31)38-26)9-15-4-5-17(8-14(15)3)37-12-16(32)10-28-7-6-20(27)33/h4-5,8,13,16,19,22-24,26,28,31-32,34-36H,6-7,9-12H2,1-3H3,(H2,27,33)(H,29,30)/t16-,19-,22-,23+,24-,26+/m1/s1. The monoisotopic (exact) mass is 552 g/mol. The van der Waals surface area contributed by atoms with Gasteiger partial charge < -0.3 is 50.8 Å². The van der Waals surface area contributed by atoms with E-state index in [0.29, 0.717) is 18.7 Å². The van der Waals surface area contributed by atoms with E-state index < -0.39 is 49.3 Å². The number of nitrogens with one attached hydrogen (secondary N) is 2. The van der Waals surface area contributed by atoms with Crippen molar-refractivity contribution in [2.24, 2.45) is 5.73 Å². The van der Waals surface area contributed by atoms with Gasteiger partial charge in [0.15, 0.2) is 0 Å². The summed E-state index contributed by atoms with van der Waals surface area (Å²) in [5.41, 5.74) is 8.53. The molecule has 1 saturated heterocycles. The van der Waals surface area contributed by atoms with Gasteiger partial charge in [0, 0.05) is 37.2 Å². The zero-order valence-electron chi connectivity index (χ0n) is 22.4. The third-order valence-corrected chi connectivity index (χ3v) is 6.57. The lowest BCUT2D eigenvalue weighted by molar-refractivity contribution is -0.278. The lowest BCUT2D eigenvalue weighted by Crippen LogP contribution is -2.60. The average Bonchev–Trinajstić information content (AvgIpc) is 3.29. The highest BCUT2D eigenvalue weighted by atomic mass is 16.7. The molecule has 0 saturated carbocycles. The third kappa shape index (κ3) is 8.11. The van der Waals surface area contributed by atoms with Crippen LogP contribution in [0.3, 0.4) is 0 Å². The van der Waals surface area contributed by atoms with Gasteiger partial charge in [-0.25, -0.2) is 0 Å². The molecule has 1 fully saturated rings. The Hall–Kier alpha value is -2.78. The molecule has 9 N–H and O–H groups in total. The lowest BCUT2D eigenvalue weighted by Gasteiger charge is -2.39. The number of H-pyrrole nitrogens is 1. The SMILES string of the molecule is Cc1cc(OC[C@H](O)CNCCC(N)=O)ccc1Cc1c(O[C@@H]2O[C@H](CO)[C@@H](O)[C@H](O)[C@H]2O)n[nH]c1C(C)C. The molecule has 1 aromatic carbocycles. The van der Waals surface area contributed by atoms with Crippen LogP contribution in [-0.2, 0) is 16.0 Å². The van der Waals surface area contributed by atoms with Crippen LogP contribution in [0.1, 0.15) is 48.6 Å². The molecule has 218 valence electrons. The molecule has 3 rings (SSSR count). The van der Waals surface area contributed by atoms with Gasteiger partial charge in [-0.05, 0) is 36.1 Å². The normalized spacial score (nSPS) is 24.1. The first-order chi connectivity index (χ1) is 18.5. The Morgan fingerprint density at radius 3 is 2.62 bits per heavy atom. The van der Waals surface area contributed by atoms with Gasteiger partial charge in [0.1, 0.15) is 42.9 Å². The molecule has 0 spiro atoms. The Morgan fingerprint density at radius 1 is 1.23 bits per heavy atom. The van der Waals surface area contributed by atoms with E-state index >= 15 is 0 Å². The van der Waals surface area contributed by atoms with Gasteiger partial charge in [-0.15, -0.1) is 5.10 Å². The molecule has 1 amide bonds. The number of nitrogens with zero attached hydrogens (tertiary/aromatic N) is 1. The van der Waals surface area contributed by atoms with Gasteiger partial charge >= 0.3 is 0 Å². The molecule has 39 heavy (non-hydrogen) atoms. The summed E-state index contributed by atoms with van der Waals surface area (Å²) in [5, 5.41) is 60.3. The zero-order valence-corrected chi connectivity index (χ0v) is 22.4. The van der Waals surface area contributed by atoms with Crippen molar-refractivity contribution >= 4 is 5.91 Å². The Bertz CT molecular complexity index is 1080. The maximum Gasteiger partial charge on any atom is 0.238 e. The van der Waals surface area contributed by atoms with Gasteiger partial charge in [-0.3, -0.25) is 9.89 Å². The van der Waals surface area contributed by atoms with E-state index in [1.807, 2.05) is 32.9 Å². The second-order valence-electron chi connectivity index (χ2n) is 10.0. The van der Waals surface area contributed by atoms with Crippen molar-refractivity contribution in [3.63, 3.8) is 0 Å². The van der Waals surface area contributed by atoms with Crippen LogP contribution in [0.25, 0.3) is 0 Å². The van der Waals surface area contributed by atoms with Gasteiger partial charge in [0.05, 0.1) is 6.61 Å². The van der Waals surface area contributed by atoms with E-state index in [9.17, 15) is 30.3 Å². The maximum atomic E-state index is 10.8. The number of benzene rings is 1. The number of aromatic amines is 1. The molecule has 6 atom stereocenters. The second kappa shape index (κ2) is 14.0. The van der Waals surface area contributed by atoms with Crippen molar-refractivity contribution in [2.45, 2.75) is 76.3 Å². The number of aromatic nitrogens is 2. The first kappa shape index (κ1) is 30.8. The van der Waals surface area contributed by atoms with Gasteiger partial charge in [0.25, 0.3) is 0 Å². The van der Waals surface area contributed by atoms with Crippen molar-refractivity contribution < 1.29 is 44.5 Å². The molecule has 13 nitrogen and oxygen atoms in total. The molecule has 0 aliphatic carbocycles. The minimum absolute atomic E-state index is 0.0681. The van der Waals surface area contributed by atoms with Gasteiger partial charge in [-0.2, -0.15) is 0 Å². The number of rotatable bonds is 14. The molecule has 1 aliphatic heterocycles. The summed E-state index contributed by atoms with van der Waals surface area (Å²) in [6.45, 7) is 6.07. The van der Waals surface area contributed by atoms with Crippen molar-refractivity contribution in [1.29, 1.82) is 0 Å². The Morgan fingerprint density at radius 2 is 1.97 bits per heavy atom. The second-order valence-corrected chi connectivity index (χ2v) is 10.0. The minimum atomic E-state index is -1.56. The molecule has 0 radical (unpaired) electrons. The Kier molecular flexibility index (Phi) is 11.1. The topological polar surface area (TPSA) is 213 Å². The van der Waals surface area contributed by atoms with Crippen LogP contribution in [0, 0.1) is 6.92 Å². The molecule has 1 aromatic heterocycles. The van der Waals surface area contributed by atoms with E-state index in [4.69, 9.17) is 19.9 Å². The molecular formula is C26H40N4O9. The van der Waals surface area contributed by atoms with Crippen molar-refractivity contribution in [2.75, 3.05) is 26.3 Å². The summed E-state index contributed by atoms with van der Waals surface area (Å²) in [6.07, 6.45) is -7.20. The summed E-state index contributed by atoms with van der Waals surface area (Å²) in [7, 11) is 0. The first-order valence-electron chi connectivity index (χ1n) is 13.0. The first-order valence-corrected chi connectivity index (χ1v) is 13.0. The molecule has 2 heterocycles. The third-order valence-electron chi connectivity index (χ3n) is 6.57. The highest BCUT2D eigenvalue weighted by molar-refractivity contribution is 5.73. The van der Waals surface area contributed by atoms with Crippen LogP contribution >= 0.6 is 0 Å². The maximum absolute atomic E-state index is 10.8. The van der Waals surface area contributed by atoms with Crippen molar-refractivity contribution in [1.82, 2.24) is 15.5 Å². The van der Waals surface area contributed by atoms with Crippen molar-refractivity contribution in [3.8, 4) is 11.6 Å². The predicted octanol–water partition coefficient (Wildman–Crippen LogP) is -1.18. The number of aliphatic hydroxyl groups is 5. The number of aliphatic hydroxyl groups excluding tert-OH is 5. The Balaban J connectivity index is 1.68. The molecule has 0 bridgehead atoms. The number of ether oxygens (including phenoxy) is 3. The van der Waals surface area contributed by atoms with Crippen LogP contribution in [0.2, 0.25) is 0 Å². The lowest BCUT2D eigenvalue weighted by atomic mass is 9.96. The zero-order chi connectivity index (χ0) is 28.7. The summed E-state index contributed by atoms with van der Waals surface area (Å²) < 4.78 is 17.1. The largest absolute Gasteiger partial charge is 0.491 e. The number of nitrogens with two attached hydrogens (primary N) is 1. The van der Waals surface area contributed by atoms with Crippen LogP contribution in [-0.4, -0.2) is 105 Å². The van der Waals surface area contributed by atoms with Crippen LogP contribution in [0.15, 0.2) is 18.2 Å². The highest BCUT2D eigenvalue weighted by Crippen LogP contribution is 2.32. The minimum Gasteiger partial charge on any atom is -0.491 e. The fraction of sp³-hybridized carbons (Fsp3) is 0.615. The summed E-state index contributed by atoms with van der Waals surface area (Å²) >= 11 is 0. The Labute approximate surface area is 226 Å². The van der Waals surface area contributed by atoms with E-state index in [2.05, 4.69) is 15.5 Å². The fourth-order valence-corrected chi connectivity index (χ4v) is 4.26. The summed E-state index contributed by atoms with van der Waals surface area (Å²) in [5.74, 6) is 0.421. The van der Waals surface area contributed by atoms with Crippen molar-refractivity contribution in [3.05, 3.63) is 40.6 Å². The highest BCUT2D eigenvalue weighted by Gasteiger charge is 2.45. The number of amides is 1. The molecule has 1 aliphatic rings. The number of primary amides is 1. The van der Waals surface area contributed by atoms with E-state index in [1.54, 1.807) is 6.07 Å². The molecule has 0 unspecified atom stereocenters. The quantitative estimate of drug-likeness (QED) is 0.131. The average molecular weight is 553 g/mol. The van der Waals surface area contributed by atoms with Crippen LogP contribution in [0.4, 0.5) is 0 Å². The number of hydrogen-bond donors (Lipinski definition) is 8. The van der Waals surface area contributed by atoms with E-state index in [-0.39, 0.29) is 31.4 Å². The van der Waals surface area contributed by atoms with Crippen LogP contribution in [0.5, 0.6) is 11.6 Å². The smallest absolute Gasteiger partial charge is 0.238 e. The van der Waals surface area contributed by atoms with Gasteiger partial charge in [-0.1, -0.05) is 19.9 Å². The predicted molar refractivity (Wildman–Crippen MR) is 139 cm³/mol. The summed E-state index contributed by atoms with van der Waals surface area (Å²) in [6, 6.07) is 5.55. The number of aryl methyl sites for hydroxylation is 1. The van der Waals surface area contributed by atoms with Crippen LogP contribution < -0.4 is 20.5 Å². The molecular weight excluding hydrogens is 512 g/mol. The van der Waals surface area contributed by atoms with E-state index in [0.717, 1.165) is 22.4 Å². The fourth-order valence-electron chi connectivity index (χ4n) is 4.26. The number of carbonyl (C=O) groups excluding carboxylic acids is 1.